The highest BCUT2D eigenvalue weighted by Crippen LogP contribution is 2.55. The maximum Gasteiger partial charge on any atom is 0.275 e. The van der Waals surface area contributed by atoms with Gasteiger partial charge in [-0.05, 0) is 52.8 Å². The SMILES string of the molecule is BC(B)(B)N1C(=O)[C@@H](NC(=O)c2nn(Cc3ccccc3)cc2F)[C@H]2C[C@H]2c2cc(S(C)(=O)=O)ccc21. The third kappa shape index (κ3) is 4.84. The maximum absolute atomic E-state index is 14.7. The van der Waals surface area contributed by atoms with Crippen LogP contribution >= 0.6 is 0 Å². The van der Waals surface area contributed by atoms with Gasteiger partial charge in [0.2, 0.25) is 5.91 Å². The summed E-state index contributed by atoms with van der Waals surface area (Å²) in [7, 11) is 2.19. The van der Waals surface area contributed by atoms with Crippen molar-refractivity contribution in [1.29, 1.82) is 0 Å². The van der Waals surface area contributed by atoms with Crippen LogP contribution in [-0.4, -0.2) is 71.1 Å². The molecule has 188 valence electrons. The molecule has 2 heterocycles. The Bertz CT molecular complexity index is 1510. The Morgan fingerprint density at radius 2 is 1.89 bits per heavy atom. The molecule has 1 saturated carbocycles. The summed E-state index contributed by atoms with van der Waals surface area (Å²) in [5, 5.41) is 6.24. The summed E-state index contributed by atoms with van der Waals surface area (Å²) in [6.07, 6.45) is 2.93. The van der Waals surface area contributed by atoms with Gasteiger partial charge in [-0.25, -0.2) is 12.8 Å². The van der Waals surface area contributed by atoms with E-state index in [4.69, 9.17) is 0 Å². The van der Waals surface area contributed by atoms with Gasteiger partial charge in [-0.3, -0.25) is 14.3 Å². The van der Waals surface area contributed by atoms with Crippen LogP contribution in [0.3, 0.4) is 0 Å². The second-order valence-corrected chi connectivity index (χ2v) is 12.8. The molecule has 2 aromatic carbocycles. The van der Waals surface area contributed by atoms with Gasteiger partial charge in [-0.1, -0.05) is 30.3 Å². The lowest BCUT2D eigenvalue weighted by atomic mass is 9.48. The Morgan fingerprint density at radius 3 is 2.54 bits per heavy atom. The number of nitrogens with one attached hydrogen (secondary N) is 1. The molecule has 8 nitrogen and oxygen atoms in total. The Hall–Kier alpha value is -3.34. The molecule has 3 aromatic rings. The standard InChI is InChI=1S/C24H26B3FN4O4S/c1-37(35,36)14-7-8-19-16(9-14)15-10-17(15)20(23(34)32(19)24(25,26)27)29-22(33)21-18(28)12-31(30-21)11-13-5-3-2-4-6-13/h2-9,12,15,17,20H,10-11,25-27H2,1H3,(H,29,33)/t15-,17-,20-/m0/s1. The maximum atomic E-state index is 14.7. The first-order valence-electron chi connectivity index (χ1n) is 12.1. The lowest BCUT2D eigenvalue weighted by molar-refractivity contribution is -0.120. The Balaban J connectivity index is 1.45. The number of amides is 2. The molecule has 1 aromatic heterocycles. The molecule has 2 amide bonds. The molecule has 0 radical (unpaired) electrons. The number of carbonyl (C=O) groups excluding carboxylic acids is 2. The van der Waals surface area contributed by atoms with Gasteiger partial charge in [0, 0.05) is 11.9 Å². The lowest BCUT2D eigenvalue weighted by Crippen LogP contribution is -2.60. The minimum absolute atomic E-state index is 0.0983. The van der Waals surface area contributed by atoms with Gasteiger partial charge < -0.3 is 10.2 Å². The van der Waals surface area contributed by atoms with Crippen LogP contribution in [0, 0.1) is 11.7 Å². The van der Waals surface area contributed by atoms with E-state index in [0.717, 1.165) is 17.4 Å². The fourth-order valence-electron chi connectivity index (χ4n) is 5.12. The minimum Gasteiger partial charge on any atom is -0.338 e. The molecule has 1 aliphatic carbocycles. The Kier molecular flexibility index (Phi) is 6.09. The predicted molar refractivity (Wildman–Crippen MR) is 145 cm³/mol. The van der Waals surface area contributed by atoms with Gasteiger partial charge in [0.05, 0.1) is 17.6 Å². The minimum atomic E-state index is -3.44. The lowest BCUT2D eigenvalue weighted by Gasteiger charge is -2.39. The molecule has 37 heavy (non-hydrogen) atoms. The van der Waals surface area contributed by atoms with E-state index < -0.39 is 32.8 Å². The number of sulfone groups is 1. The van der Waals surface area contributed by atoms with Crippen LogP contribution in [0.5, 0.6) is 0 Å². The summed E-state index contributed by atoms with van der Waals surface area (Å²) >= 11 is 0. The number of hydrogen-bond donors (Lipinski definition) is 1. The van der Waals surface area contributed by atoms with E-state index in [0.29, 0.717) is 18.7 Å². The first-order chi connectivity index (χ1) is 17.3. The van der Waals surface area contributed by atoms with E-state index >= 15 is 0 Å². The van der Waals surface area contributed by atoms with Crippen molar-refractivity contribution in [2.45, 2.75) is 35.1 Å². The molecule has 13 heteroatoms. The molecule has 1 N–H and O–H groups in total. The zero-order valence-electron chi connectivity index (χ0n) is 21.1. The fraction of sp³-hybridized carbons (Fsp3) is 0.292. The topological polar surface area (TPSA) is 101 Å². The number of benzene rings is 2. The van der Waals surface area contributed by atoms with Crippen LogP contribution in [0.1, 0.15) is 34.0 Å². The molecular weight excluding hydrogens is 492 g/mol. The zero-order chi connectivity index (χ0) is 26.7. The first-order valence-corrected chi connectivity index (χ1v) is 14.0. The average Bonchev–Trinajstić information content (AvgIpc) is 3.52. The summed E-state index contributed by atoms with van der Waals surface area (Å²) in [5.74, 6) is -2.17. The number of hydrogen-bond acceptors (Lipinski definition) is 5. The summed E-state index contributed by atoms with van der Waals surface area (Å²) in [6.45, 7) is 0.299. The van der Waals surface area contributed by atoms with Crippen molar-refractivity contribution in [2.24, 2.45) is 5.92 Å². The summed E-state index contributed by atoms with van der Waals surface area (Å²) in [6, 6.07) is 13.3. The molecule has 0 bridgehead atoms. The average molecular weight is 518 g/mol. The molecule has 1 fully saturated rings. The third-order valence-corrected chi connectivity index (χ3v) is 8.01. The van der Waals surface area contributed by atoms with Crippen molar-refractivity contribution >= 4 is 50.9 Å². The van der Waals surface area contributed by atoms with Crippen molar-refractivity contribution in [3.63, 3.8) is 0 Å². The number of halogens is 1. The van der Waals surface area contributed by atoms with E-state index in [1.165, 1.54) is 16.9 Å². The fourth-order valence-corrected chi connectivity index (χ4v) is 5.77. The van der Waals surface area contributed by atoms with Gasteiger partial charge in [-0.15, -0.1) is 0 Å². The first kappa shape index (κ1) is 25.3. The van der Waals surface area contributed by atoms with E-state index in [9.17, 15) is 22.4 Å². The van der Waals surface area contributed by atoms with Gasteiger partial charge in [0.1, 0.15) is 29.6 Å². The van der Waals surface area contributed by atoms with Crippen LogP contribution in [0.15, 0.2) is 59.6 Å². The van der Waals surface area contributed by atoms with E-state index in [2.05, 4.69) is 10.4 Å². The number of anilines is 1. The van der Waals surface area contributed by atoms with Crippen molar-refractivity contribution in [1.82, 2.24) is 15.1 Å². The molecule has 0 spiro atoms. The number of carbonyl (C=O) groups is 2. The molecule has 3 atom stereocenters. The summed E-state index contributed by atoms with van der Waals surface area (Å²) in [4.78, 5) is 28.8. The zero-order valence-corrected chi connectivity index (χ0v) is 21.9. The number of rotatable bonds is 6. The van der Waals surface area contributed by atoms with Crippen molar-refractivity contribution < 1.29 is 22.4 Å². The highest BCUT2D eigenvalue weighted by atomic mass is 32.2. The number of nitrogens with zero attached hydrogens (tertiary/aromatic N) is 3. The molecule has 0 unspecified atom stereocenters. The van der Waals surface area contributed by atoms with Gasteiger partial charge in [-0.2, -0.15) is 5.10 Å². The van der Waals surface area contributed by atoms with Gasteiger partial charge in [0.15, 0.2) is 21.3 Å². The molecular formula is C24H26B3FN4O4S. The highest BCUT2D eigenvalue weighted by Gasteiger charge is 2.54. The third-order valence-electron chi connectivity index (χ3n) is 6.90. The number of fused-ring (bicyclic) bond motifs is 3. The van der Waals surface area contributed by atoms with Crippen LogP contribution in [0.2, 0.25) is 0 Å². The second-order valence-electron chi connectivity index (χ2n) is 10.8. The second kappa shape index (κ2) is 8.90. The van der Waals surface area contributed by atoms with Crippen molar-refractivity contribution in [3.8, 4) is 0 Å². The van der Waals surface area contributed by atoms with E-state index in [1.807, 2.05) is 53.9 Å². The Labute approximate surface area is 217 Å². The smallest absolute Gasteiger partial charge is 0.275 e. The molecule has 0 saturated heterocycles. The van der Waals surface area contributed by atoms with Crippen LogP contribution < -0.4 is 10.2 Å². The van der Waals surface area contributed by atoms with Crippen molar-refractivity contribution in [2.75, 3.05) is 11.2 Å². The molecule has 1 aliphatic heterocycles. The summed E-state index contributed by atoms with van der Waals surface area (Å²) in [5.41, 5.74) is 1.94. The van der Waals surface area contributed by atoms with Crippen molar-refractivity contribution in [3.05, 3.63) is 77.4 Å². The van der Waals surface area contributed by atoms with Crippen LogP contribution in [0.25, 0.3) is 0 Å². The van der Waals surface area contributed by atoms with E-state index in [1.54, 1.807) is 17.0 Å². The predicted octanol–water partition coefficient (Wildman–Crippen LogP) is -0.767. The molecule has 5 rings (SSSR count). The number of aromatic nitrogens is 2. The molecule has 2 aliphatic rings. The monoisotopic (exact) mass is 518 g/mol. The summed E-state index contributed by atoms with van der Waals surface area (Å²) < 4.78 is 40.5. The van der Waals surface area contributed by atoms with Gasteiger partial charge >= 0.3 is 0 Å². The van der Waals surface area contributed by atoms with E-state index in [-0.39, 0.29) is 28.3 Å². The van der Waals surface area contributed by atoms with Gasteiger partial charge in [0.25, 0.3) is 5.91 Å². The quantitative estimate of drug-likeness (QED) is 0.433. The van der Waals surface area contributed by atoms with Crippen LogP contribution in [-0.2, 0) is 21.2 Å². The Morgan fingerprint density at radius 1 is 1.19 bits per heavy atom. The highest BCUT2D eigenvalue weighted by molar-refractivity contribution is 7.90. The largest absolute Gasteiger partial charge is 0.338 e. The normalized spacial score (nSPS) is 21.1. The van der Waals surface area contributed by atoms with Crippen LogP contribution in [0.4, 0.5) is 10.1 Å².